The molecule has 3 rings (SSSR count). The standard InChI is InChI=1S/C11H9BrN8/c12-7-1-3-8(4-2-7)16-10-17-9(13)18-11(19-10)20-6-14-5-15-20/h1-6H,(H3,13,16,17,18,19). The molecule has 0 radical (unpaired) electrons. The highest BCUT2D eigenvalue weighted by atomic mass is 79.9. The van der Waals surface area contributed by atoms with Crippen LogP contribution in [-0.4, -0.2) is 29.7 Å². The molecule has 1 aromatic carbocycles. The van der Waals surface area contributed by atoms with E-state index in [1.54, 1.807) is 0 Å². The zero-order valence-electron chi connectivity index (χ0n) is 10.1. The van der Waals surface area contributed by atoms with Gasteiger partial charge in [0.25, 0.3) is 5.95 Å². The summed E-state index contributed by atoms with van der Waals surface area (Å²) in [7, 11) is 0. The number of halogens is 1. The van der Waals surface area contributed by atoms with Gasteiger partial charge < -0.3 is 11.1 Å². The van der Waals surface area contributed by atoms with Crippen molar-refractivity contribution in [3.63, 3.8) is 0 Å². The lowest BCUT2D eigenvalue weighted by Crippen LogP contribution is -2.09. The molecule has 0 saturated heterocycles. The average molecular weight is 333 g/mol. The molecule has 3 aromatic rings. The molecule has 0 saturated carbocycles. The highest BCUT2D eigenvalue weighted by Crippen LogP contribution is 2.17. The Morgan fingerprint density at radius 3 is 2.60 bits per heavy atom. The molecule has 0 aliphatic heterocycles. The smallest absolute Gasteiger partial charge is 0.258 e. The van der Waals surface area contributed by atoms with E-state index < -0.39 is 0 Å². The number of rotatable bonds is 3. The molecule has 0 aliphatic rings. The van der Waals surface area contributed by atoms with E-state index in [0.29, 0.717) is 11.9 Å². The third-order valence-electron chi connectivity index (χ3n) is 2.36. The van der Waals surface area contributed by atoms with Crippen LogP contribution in [0.4, 0.5) is 17.6 Å². The lowest BCUT2D eigenvalue weighted by atomic mass is 10.3. The maximum absolute atomic E-state index is 5.67. The Morgan fingerprint density at radius 2 is 1.90 bits per heavy atom. The van der Waals surface area contributed by atoms with Gasteiger partial charge in [0, 0.05) is 10.2 Å². The molecule has 3 N–H and O–H groups in total. The highest BCUT2D eigenvalue weighted by molar-refractivity contribution is 9.10. The van der Waals surface area contributed by atoms with Gasteiger partial charge in [-0.3, -0.25) is 0 Å². The van der Waals surface area contributed by atoms with E-state index >= 15 is 0 Å². The molecule has 100 valence electrons. The van der Waals surface area contributed by atoms with Gasteiger partial charge in [-0.05, 0) is 24.3 Å². The Balaban J connectivity index is 1.92. The second-order valence-electron chi connectivity index (χ2n) is 3.79. The highest BCUT2D eigenvalue weighted by Gasteiger charge is 2.07. The minimum atomic E-state index is 0.102. The number of nitrogen functional groups attached to an aromatic ring is 1. The van der Waals surface area contributed by atoms with Crippen LogP contribution in [0.25, 0.3) is 5.95 Å². The minimum Gasteiger partial charge on any atom is -0.368 e. The van der Waals surface area contributed by atoms with Gasteiger partial charge >= 0.3 is 0 Å². The van der Waals surface area contributed by atoms with Crippen LogP contribution in [0.2, 0.25) is 0 Å². The van der Waals surface area contributed by atoms with Crippen LogP contribution in [0.1, 0.15) is 0 Å². The van der Waals surface area contributed by atoms with Gasteiger partial charge in [-0.15, -0.1) is 0 Å². The van der Waals surface area contributed by atoms with Crippen molar-refractivity contribution in [2.75, 3.05) is 11.1 Å². The fourth-order valence-electron chi connectivity index (χ4n) is 1.51. The normalized spacial score (nSPS) is 10.4. The summed E-state index contributed by atoms with van der Waals surface area (Å²) in [6.45, 7) is 0. The van der Waals surface area contributed by atoms with Crippen molar-refractivity contribution in [1.29, 1.82) is 0 Å². The average Bonchev–Trinajstić information content (AvgIpc) is 2.95. The van der Waals surface area contributed by atoms with Crippen LogP contribution >= 0.6 is 15.9 Å². The van der Waals surface area contributed by atoms with E-state index in [1.807, 2.05) is 24.3 Å². The number of hydrogen-bond donors (Lipinski definition) is 2. The van der Waals surface area contributed by atoms with Gasteiger partial charge in [0.05, 0.1) is 0 Å². The van der Waals surface area contributed by atoms with Crippen LogP contribution in [0, 0.1) is 0 Å². The first-order valence-corrected chi connectivity index (χ1v) is 6.39. The Labute approximate surface area is 122 Å². The zero-order chi connectivity index (χ0) is 13.9. The Kier molecular flexibility index (Phi) is 3.25. The molecule has 9 heteroatoms. The Morgan fingerprint density at radius 1 is 1.10 bits per heavy atom. The van der Waals surface area contributed by atoms with Crippen molar-refractivity contribution < 1.29 is 0 Å². The third-order valence-corrected chi connectivity index (χ3v) is 2.89. The van der Waals surface area contributed by atoms with Crippen molar-refractivity contribution in [2.24, 2.45) is 0 Å². The second kappa shape index (κ2) is 5.21. The summed E-state index contributed by atoms with van der Waals surface area (Å²) in [5.41, 5.74) is 6.51. The topological polar surface area (TPSA) is 107 Å². The Hall–Kier alpha value is -2.55. The molecular weight excluding hydrogens is 324 g/mol. The summed E-state index contributed by atoms with van der Waals surface area (Å²) in [6.07, 6.45) is 2.87. The van der Waals surface area contributed by atoms with Crippen LogP contribution in [0.15, 0.2) is 41.4 Å². The van der Waals surface area contributed by atoms with Crippen molar-refractivity contribution >= 4 is 33.5 Å². The van der Waals surface area contributed by atoms with E-state index in [9.17, 15) is 0 Å². The summed E-state index contributed by atoms with van der Waals surface area (Å²) in [5.74, 6) is 0.741. The van der Waals surface area contributed by atoms with Gasteiger partial charge in [0.15, 0.2) is 0 Å². The summed E-state index contributed by atoms with van der Waals surface area (Å²) >= 11 is 3.37. The molecule has 0 aliphatic carbocycles. The monoisotopic (exact) mass is 332 g/mol. The summed E-state index contributed by atoms with van der Waals surface area (Å²) in [6, 6.07) is 7.59. The van der Waals surface area contributed by atoms with Crippen molar-refractivity contribution in [1.82, 2.24) is 29.7 Å². The SMILES string of the molecule is Nc1nc(Nc2ccc(Br)cc2)nc(-n2cncn2)n1. The fraction of sp³-hybridized carbons (Fsp3) is 0. The second-order valence-corrected chi connectivity index (χ2v) is 4.70. The number of aromatic nitrogens is 6. The number of nitrogens with one attached hydrogen (secondary N) is 1. The fourth-order valence-corrected chi connectivity index (χ4v) is 1.78. The van der Waals surface area contributed by atoms with Crippen LogP contribution in [0.3, 0.4) is 0 Å². The molecule has 0 unspecified atom stereocenters. The van der Waals surface area contributed by atoms with E-state index in [-0.39, 0.29) is 5.95 Å². The van der Waals surface area contributed by atoms with E-state index in [4.69, 9.17) is 5.73 Å². The van der Waals surface area contributed by atoms with Gasteiger partial charge in [-0.25, -0.2) is 4.98 Å². The summed E-state index contributed by atoms with van der Waals surface area (Å²) < 4.78 is 2.40. The van der Waals surface area contributed by atoms with Gasteiger partial charge in [0.2, 0.25) is 11.9 Å². The van der Waals surface area contributed by atoms with Gasteiger partial charge in [0.1, 0.15) is 12.7 Å². The van der Waals surface area contributed by atoms with Crippen LogP contribution in [-0.2, 0) is 0 Å². The zero-order valence-corrected chi connectivity index (χ0v) is 11.7. The first-order valence-electron chi connectivity index (χ1n) is 5.60. The molecule has 0 fully saturated rings. The van der Waals surface area contributed by atoms with E-state index in [1.165, 1.54) is 17.3 Å². The molecule has 2 heterocycles. The van der Waals surface area contributed by atoms with Crippen LogP contribution < -0.4 is 11.1 Å². The number of nitrogens with zero attached hydrogens (tertiary/aromatic N) is 6. The van der Waals surface area contributed by atoms with E-state index in [0.717, 1.165) is 10.2 Å². The van der Waals surface area contributed by atoms with Crippen molar-refractivity contribution in [3.05, 3.63) is 41.4 Å². The number of anilines is 3. The quantitative estimate of drug-likeness (QED) is 0.748. The molecule has 2 aromatic heterocycles. The summed E-state index contributed by atoms with van der Waals surface area (Å²) in [5, 5.41) is 7.00. The van der Waals surface area contributed by atoms with Crippen molar-refractivity contribution in [3.8, 4) is 5.95 Å². The first-order chi connectivity index (χ1) is 9.70. The van der Waals surface area contributed by atoms with E-state index in [2.05, 4.69) is 46.3 Å². The number of benzene rings is 1. The molecule has 0 bridgehead atoms. The third kappa shape index (κ3) is 2.72. The largest absolute Gasteiger partial charge is 0.368 e. The molecule has 0 spiro atoms. The van der Waals surface area contributed by atoms with Gasteiger partial charge in [-0.1, -0.05) is 15.9 Å². The molecule has 0 amide bonds. The van der Waals surface area contributed by atoms with Gasteiger partial charge in [-0.2, -0.15) is 24.7 Å². The Bertz CT molecular complexity index is 710. The lowest BCUT2D eigenvalue weighted by molar-refractivity contribution is 0.800. The maximum atomic E-state index is 5.67. The molecular formula is C11H9BrN8. The predicted octanol–water partition coefficient (Wildman–Crippen LogP) is 1.54. The predicted molar refractivity (Wildman–Crippen MR) is 76.6 cm³/mol. The number of nitrogens with two attached hydrogens (primary N) is 1. The summed E-state index contributed by atoms with van der Waals surface area (Å²) in [4.78, 5) is 16.1. The number of hydrogen-bond acceptors (Lipinski definition) is 7. The maximum Gasteiger partial charge on any atom is 0.258 e. The molecule has 8 nitrogen and oxygen atoms in total. The molecule has 0 atom stereocenters. The minimum absolute atomic E-state index is 0.102. The van der Waals surface area contributed by atoms with Crippen LogP contribution in [0.5, 0.6) is 0 Å². The first kappa shape index (κ1) is 12.5. The lowest BCUT2D eigenvalue weighted by Gasteiger charge is -2.06. The van der Waals surface area contributed by atoms with Crippen molar-refractivity contribution in [2.45, 2.75) is 0 Å². The molecule has 20 heavy (non-hydrogen) atoms.